The number of imidazole rings is 1. The molecule has 6 heteroatoms. The molecule has 0 saturated carbocycles. The highest BCUT2D eigenvalue weighted by atomic mass is 16.2. The number of amides is 2. The third kappa shape index (κ3) is 4.76. The van der Waals surface area contributed by atoms with Gasteiger partial charge in [-0.2, -0.15) is 0 Å². The standard InChI is InChI=1S/C21H28N4O2/c1-3-12-24(13-20(26)23-17-9-5-4-8-16(17)2)21(27)14-25-15-22-18-10-6-7-11-19(18)25/h4-5,8-9,15H,3,6-7,10-14H2,1-2H3,(H,23,26). The predicted molar refractivity (Wildman–Crippen MR) is 106 cm³/mol. The Labute approximate surface area is 160 Å². The zero-order valence-electron chi connectivity index (χ0n) is 16.2. The number of rotatable bonds is 7. The Kier molecular flexibility index (Phi) is 6.27. The van der Waals surface area contributed by atoms with E-state index in [4.69, 9.17) is 0 Å². The highest BCUT2D eigenvalue weighted by molar-refractivity contribution is 5.95. The number of nitrogens with zero attached hydrogens (tertiary/aromatic N) is 3. The van der Waals surface area contributed by atoms with E-state index >= 15 is 0 Å². The topological polar surface area (TPSA) is 67.2 Å². The van der Waals surface area contributed by atoms with Gasteiger partial charge in [0, 0.05) is 17.9 Å². The number of aryl methyl sites for hydroxylation is 2. The maximum atomic E-state index is 12.8. The van der Waals surface area contributed by atoms with Crippen molar-refractivity contribution >= 4 is 17.5 Å². The lowest BCUT2D eigenvalue weighted by Gasteiger charge is -2.23. The van der Waals surface area contributed by atoms with Gasteiger partial charge in [-0.25, -0.2) is 4.98 Å². The quantitative estimate of drug-likeness (QED) is 0.817. The van der Waals surface area contributed by atoms with Gasteiger partial charge in [0.1, 0.15) is 6.54 Å². The first-order valence-corrected chi connectivity index (χ1v) is 9.74. The summed E-state index contributed by atoms with van der Waals surface area (Å²) in [6.45, 7) is 4.85. The molecular formula is C21H28N4O2. The van der Waals surface area contributed by atoms with Gasteiger partial charge in [0.25, 0.3) is 0 Å². The van der Waals surface area contributed by atoms with E-state index < -0.39 is 0 Å². The largest absolute Gasteiger partial charge is 0.332 e. The van der Waals surface area contributed by atoms with Gasteiger partial charge in [0.05, 0.1) is 18.6 Å². The summed E-state index contributed by atoms with van der Waals surface area (Å²) in [6, 6.07) is 7.65. The van der Waals surface area contributed by atoms with E-state index in [1.165, 1.54) is 12.1 Å². The molecule has 3 rings (SSSR count). The van der Waals surface area contributed by atoms with Crippen LogP contribution in [-0.4, -0.2) is 39.4 Å². The van der Waals surface area contributed by atoms with Crippen LogP contribution in [0.2, 0.25) is 0 Å². The van der Waals surface area contributed by atoms with Crippen molar-refractivity contribution in [3.8, 4) is 0 Å². The normalized spacial score (nSPS) is 13.1. The molecule has 1 aliphatic rings. The Hall–Kier alpha value is -2.63. The zero-order chi connectivity index (χ0) is 19.2. The lowest BCUT2D eigenvalue weighted by atomic mass is 10.0. The average Bonchev–Trinajstić information content (AvgIpc) is 3.06. The van der Waals surface area contributed by atoms with Crippen molar-refractivity contribution in [2.45, 2.75) is 52.5 Å². The van der Waals surface area contributed by atoms with Crippen molar-refractivity contribution in [2.75, 3.05) is 18.4 Å². The second-order valence-electron chi connectivity index (χ2n) is 7.15. The van der Waals surface area contributed by atoms with E-state index in [1.807, 2.05) is 42.7 Å². The number of anilines is 1. The van der Waals surface area contributed by atoms with Crippen LogP contribution in [0.1, 0.15) is 43.1 Å². The number of hydrogen-bond donors (Lipinski definition) is 1. The van der Waals surface area contributed by atoms with Gasteiger partial charge >= 0.3 is 0 Å². The van der Waals surface area contributed by atoms with E-state index in [1.54, 1.807) is 11.2 Å². The second-order valence-corrected chi connectivity index (χ2v) is 7.15. The molecule has 1 aromatic heterocycles. The number of hydrogen-bond acceptors (Lipinski definition) is 3. The monoisotopic (exact) mass is 368 g/mol. The zero-order valence-corrected chi connectivity index (χ0v) is 16.2. The van der Waals surface area contributed by atoms with Gasteiger partial charge in [-0.3, -0.25) is 9.59 Å². The summed E-state index contributed by atoms with van der Waals surface area (Å²) < 4.78 is 1.96. The summed E-state index contributed by atoms with van der Waals surface area (Å²) in [4.78, 5) is 31.4. The average molecular weight is 368 g/mol. The third-order valence-electron chi connectivity index (χ3n) is 5.02. The van der Waals surface area contributed by atoms with Crippen LogP contribution in [0.15, 0.2) is 30.6 Å². The van der Waals surface area contributed by atoms with Gasteiger partial charge in [0.2, 0.25) is 11.8 Å². The van der Waals surface area contributed by atoms with Gasteiger partial charge in [-0.15, -0.1) is 0 Å². The molecule has 144 valence electrons. The van der Waals surface area contributed by atoms with Gasteiger partial charge in [-0.05, 0) is 50.7 Å². The Morgan fingerprint density at radius 3 is 2.78 bits per heavy atom. The molecule has 0 unspecified atom stereocenters. The molecule has 0 bridgehead atoms. The summed E-state index contributed by atoms with van der Waals surface area (Å²) in [5.41, 5.74) is 4.09. The molecule has 2 amide bonds. The van der Waals surface area contributed by atoms with Crippen LogP contribution in [0.3, 0.4) is 0 Å². The first kappa shape index (κ1) is 19.1. The summed E-state index contributed by atoms with van der Waals surface area (Å²) >= 11 is 0. The maximum Gasteiger partial charge on any atom is 0.244 e. The second kappa shape index (κ2) is 8.84. The van der Waals surface area contributed by atoms with E-state index in [0.29, 0.717) is 6.54 Å². The molecule has 1 aromatic carbocycles. The smallest absolute Gasteiger partial charge is 0.244 e. The van der Waals surface area contributed by atoms with Crippen molar-refractivity contribution in [2.24, 2.45) is 0 Å². The van der Waals surface area contributed by atoms with Crippen LogP contribution in [0.25, 0.3) is 0 Å². The minimum atomic E-state index is -0.168. The predicted octanol–water partition coefficient (Wildman–Crippen LogP) is 2.95. The van der Waals surface area contributed by atoms with Gasteiger partial charge in [-0.1, -0.05) is 25.1 Å². The fraction of sp³-hybridized carbons (Fsp3) is 0.476. The van der Waals surface area contributed by atoms with Gasteiger partial charge in [0.15, 0.2) is 0 Å². The van der Waals surface area contributed by atoms with Crippen LogP contribution in [0, 0.1) is 6.92 Å². The molecule has 0 atom stereocenters. The summed E-state index contributed by atoms with van der Waals surface area (Å²) in [5, 5.41) is 2.91. The van der Waals surface area contributed by atoms with E-state index in [0.717, 1.165) is 42.6 Å². The SMILES string of the molecule is CCCN(CC(=O)Nc1ccccc1C)C(=O)Cn1cnc2c1CCCC2. The molecule has 0 saturated heterocycles. The van der Waals surface area contributed by atoms with Gasteiger partial charge < -0.3 is 14.8 Å². The lowest BCUT2D eigenvalue weighted by molar-refractivity contribution is -0.135. The molecule has 0 fully saturated rings. The number of fused-ring (bicyclic) bond motifs is 1. The fourth-order valence-electron chi connectivity index (χ4n) is 3.55. The Bertz CT molecular complexity index is 812. The third-order valence-corrected chi connectivity index (χ3v) is 5.02. The summed E-state index contributed by atoms with van der Waals surface area (Å²) in [6.07, 6.45) is 6.86. The van der Waals surface area contributed by atoms with Crippen molar-refractivity contribution in [3.63, 3.8) is 0 Å². The molecule has 6 nitrogen and oxygen atoms in total. The minimum absolute atomic E-state index is 0.0393. The van der Waals surface area contributed by atoms with E-state index in [2.05, 4.69) is 10.3 Å². The first-order valence-electron chi connectivity index (χ1n) is 9.74. The van der Waals surface area contributed by atoms with Crippen molar-refractivity contribution in [1.82, 2.24) is 14.5 Å². The Morgan fingerprint density at radius 2 is 2.00 bits per heavy atom. The number of aromatic nitrogens is 2. The Morgan fingerprint density at radius 1 is 1.22 bits per heavy atom. The molecule has 0 radical (unpaired) electrons. The Balaban J connectivity index is 1.64. The van der Waals surface area contributed by atoms with Crippen LogP contribution in [-0.2, 0) is 29.0 Å². The number of para-hydroxylation sites is 1. The molecule has 27 heavy (non-hydrogen) atoms. The van der Waals surface area contributed by atoms with Crippen LogP contribution in [0.4, 0.5) is 5.69 Å². The number of benzene rings is 1. The first-order chi connectivity index (χ1) is 13.1. The van der Waals surface area contributed by atoms with Crippen LogP contribution < -0.4 is 5.32 Å². The van der Waals surface area contributed by atoms with Crippen molar-refractivity contribution in [1.29, 1.82) is 0 Å². The molecule has 0 aliphatic heterocycles. The van der Waals surface area contributed by atoms with Crippen molar-refractivity contribution < 1.29 is 9.59 Å². The van der Waals surface area contributed by atoms with E-state index in [-0.39, 0.29) is 24.9 Å². The molecule has 1 N–H and O–H groups in total. The number of nitrogens with one attached hydrogen (secondary N) is 1. The molecule has 1 aliphatic carbocycles. The lowest BCUT2D eigenvalue weighted by Crippen LogP contribution is -2.40. The highest BCUT2D eigenvalue weighted by Gasteiger charge is 2.21. The minimum Gasteiger partial charge on any atom is -0.332 e. The van der Waals surface area contributed by atoms with E-state index in [9.17, 15) is 9.59 Å². The molecular weight excluding hydrogens is 340 g/mol. The fourth-order valence-corrected chi connectivity index (χ4v) is 3.55. The molecule has 0 spiro atoms. The van der Waals surface area contributed by atoms with Crippen molar-refractivity contribution in [3.05, 3.63) is 47.5 Å². The summed E-state index contributed by atoms with van der Waals surface area (Å²) in [5.74, 6) is -0.207. The number of carbonyl (C=O) groups is 2. The number of carbonyl (C=O) groups excluding carboxylic acids is 2. The molecule has 1 heterocycles. The molecule has 2 aromatic rings. The van der Waals surface area contributed by atoms with Crippen LogP contribution in [0.5, 0.6) is 0 Å². The summed E-state index contributed by atoms with van der Waals surface area (Å²) in [7, 11) is 0. The maximum absolute atomic E-state index is 12.8. The van der Waals surface area contributed by atoms with Crippen LogP contribution >= 0.6 is 0 Å². The highest BCUT2D eigenvalue weighted by Crippen LogP contribution is 2.20.